The maximum Gasteiger partial charge on any atom is 0.227 e. The summed E-state index contributed by atoms with van der Waals surface area (Å²) >= 11 is 0. The van der Waals surface area contributed by atoms with Crippen molar-refractivity contribution in [2.24, 2.45) is 40.7 Å². The molecule has 3 atom stereocenters. The minimum atomic E-state index is -2.68. The summed E-state index contributed by atoms with van der Waals surface area (Å²) in [7, 11) is 9.82. The largest absolute Gasteiger partial charge is 0.437 e. The zero-order valence-corrected chi connectivity index (χ0v) is 83.6. The van der Waals surface area contributed by atoms with Crippen LogP contribution in [-0.4, -0.2) is 24.9 Å². The molecule has 20 aromatic rings. The highest BCUT2D eigenvalue weighted by Gasteiger charge is 2.31. The van der Waals surface area contributed by atoms with Gasteiger partial charge in [-0.25, -0.2) is 47.8 Å². The van der Waals surface area contributed by atoms with Gasteiger partial charge in [0.05, 0.1) is 27.8 Å². The van der Waals surface area contributed by atoms with Crippen molar-refractivity contribution >= 4 is 110 Å². The van der Waals surface area contributed by atoms with Gasteiger partial charge in [-0.3, -0.25) is 0 Å². The molecule has 0 aliphatic heterocycles. The molecule has 139 heavy (non-hydrogen) atoms. The third-order valence-corrected chi connectivity index (χ3v) is 27.1. The Labute approximate surface area is 850 Å². The van der Waals surface area contributed by atoms with Gasteiger partial charge in [0.25, 0.3) is 0 Å². The van der Waals surface area contributed by atoms with Gasteiger partial charge < -0.3 is 22.1 Å². The lowest BCUT2D eigenvalue weighted by molar-refractivity contribution is -0.661. The van der Waals surface area contributed by atoms with E-state index in [0.717, 1.165) is 173 Å². The molecule has 0 amide bonds. The number of aryl methyl sites for hydroxylation is 12. The van der Waals surface area contributed by atoms with Gasteiger partial charge in [0.1, 0.15) is 35.2 Å². The van der Waals surface area contributed by atoms with Gasteiger partial charge in [0.2, 0.25) is 57.0 Å². The van der Waals surface area contributed by atoms with Crippen LogP contribution in [0.1, 0.15) is 310 Å². The lowest BCUT2D eigenvalue weighted by atomic mass is 9.86. The van der Waals surface area contributed by atoms with Gasteiger partial charge in [-0.2, -0.15) is 0 Å². The summed E-state index contributed by atoms with van der Waals surface area (Å²) in [5.74, 6) is -5.55. The summed E-state index contributed by atoms with van der Waals surface area (Å²) in [5, 5.41) is 9.18. The number of rotatable bonds is 14. The van der Waals surface area contributed by atoms with Crippen LogP contribution in [0.3, 0.4) is 0 Å². The van der Waals surface area contributed by atoms with Crippen molar-refractivity contribution in [2.45, 2.75) is 250 Å². The average molecular weight is 1870 g/mol. The smallest absolute Gasteiger partial charge is 0.227 e. The summed E-state index contributed by atoms with van der Waals surface area (Å²) < 4.78 is 220. The molecule has 0 radical (unpaired) electrons. The summed E-state index contributed by atoms with van der Waals surface area (Å²) in [4.78, 5) is 23.0. The second-order valence-electron chi connectivity index (χ2n) is 38.8. The highest BCUT2D eigenvalue weighted by molar-refractivity contribution is 6.13. The van der Waals surface area contributed by atoms with Gasteiger partial charge >= 0.3 is 0 Å². The second kappa shape index (κ2) is 39.5. The molecule has 2 aliphatic carbocycles. The van der Waals surface area contributed by atoms with E-state index >= 15 is 0 Å². The first-order valence-corrected chi connectivity index (χ1v) is 48.3. The second-order valence-corrected chi connectivity index (χ2v) is 38.8. The van der Waals surface area contributed by atoms with E-state index < -0.39 is 75.5 Å². The number of pyridine rings is 10. The Morgan fingerprint density at radius 3 is 0.950 bits per heavy atom. The van der Waals surface area contributed by atoms with E-state index in [1.807, 2.05) is 139 Å². The lowest BCUT2D eigenvalue weighted by Gasteiger charge is -2.20. The highest BCUT2D eigenvalue weighted by atomic mass is 16.4. The average Bonchev–Trinajstić information content (AvgIpc) is 1.66. The highest BCUT2D eigenvalue weighted by Crippen LogP contribution is 2.46. The molecule has 5 aromatic carbocycles. The van der Waals surface area contributed by atoms with Crippen molar-refractivity contribution in [2.75, 3.05) is 0 Å². The van der Waals surface area contributed by atoms with Crippen LogP contribution in [0.5, 0.6) is 0 Å². The van der Waals surface area contributed by atoms with E-state index in [0.29, 0.717) is 106 Å². The summed E-state index contributed by atoms with van der Waals surface area (Å²) in [6, 6.07) is 59.2. The molecule has 22 rings (SSSR count). The van der Waals surface area contributed by atoms with Gasteiger partial charge in [0.15, 0.2) is 58.9 Å². The van der Waals surface area contributed by atoms with Crippen molar-refractivity contribution < 1.29 is 75.1 Å². The maximum absolute atomic E-state index is 9.01. The molecule has 2 saturated carbocycles. The zero-order valence-electron chi connectivity index (χ0n) is 106. The van der Waals surface area contributed by atoms with Crippen LogP contribution < -0.4 is 22.8 Å². The topological polar surface area (TPSA) is 150 Å². The SMILES string of the molecule is [2H]C([2H])([2H])C(C)(Cc1ccc2c(n1)oc1c(-c3ccc(C(C)C)c[n+]3C)c(C)ccc12)C([2H])([2H])[2H].[2H]C([2H])([2H])C([2H])(C)c1ccc(-c2c(C)ccc3c2oc2nc(C)ccc23)[n+](C)c1.[2H]C([2H])([2H])C([2H])(C)c1ccc(-c2c(C)ccc3c2oc2nc(CC)ccc23)[n+](C)c1.[2H]C1([2H])CCCC([2H])([2H])C1([2H])c1ccc2c(n1)oc1c(-c3ccc(C(C)C)c[n+]3C)c(C)ccc12.[2H]C1([2H])CCCC1([2H])c1ccc2c(n1)oc1c(-c3ccc(C(C)C)c[n+]3C)c(C)ccc12. The van der Waals surface area contributed by atoms with Crippen molar-refractivity contribution in [3.8, 4) is 56.3 Å². The van der Waals surface area contributed by atoms with E-state index in [9.17, 15) is 0 Å². The van der Waals surface area contributed by atoms with Gasteiger partial charge in [-0.1, -0.05) is 189 Å². The Hall–Kier alpha value is -13.4. The van der Waals surface area contributed by atoms with Gasteiger partial charge in [-0.05, 0) is 234 Å². The van der Waals surface area contributed by atoms with E-state index in [2.05, 4.69) is 205 Å². The van der Waals surface area contributed by atoms with Gasteiger partial charge in [-0.15, -0.1) is 0 Å². The molecule has 15 aromatic heterocycles. The van der Waals surface area contributed by atoms with E-state index in [-0.39, 0.29) is 25.0 Å². The van der Waals surface area contributed by atoms with Crippen molar-refractivity contribution in [1.82, 2.24) is 24.9 Å². The third kappa shape index (κ3) is 19.3. The Morgan fingerprint density at radius 2 is 0.626 bits per heavy atom. The summed E-state index contributed by atoms with van der Waals surface area (Å²) in [5.41, 5.74) is 26.6. The monoisotopic (exact) mass is 1870 g/mol. The fraction of sp³-hybridized carbons (Fsp3) is 0.355. The number of hydrogen-bond acceptors (Lipinski definition) is 10. The van der Waals surface area contributed by atoms with Crippen molar-refractivity contribution in [3.63, 3.8) is 0 Å². The number of benzene rings is 5. The fourth-order valence-corrected chi connectivity index (χ4v) is 19.3. The normalized spacial score (nSPS) is 19.2. The molecule has 0 saturated heterocycles. The van der Waals surface area contributed by atoms with Crippen molar-refractivity contribution in [1.29, 1.82) is 0 Å². The van der Waals surface area contributed by atoms with Crippen LogP contribution in [0.25, 0.3) is 167 Å². The Bertz CT molecular complexity index is 9150. The molecule has 0 N–H and O–H groups in total. The molecular weight excluding hydrogens is 1710 g/mol. The molecule has 15 heterocycles. The van der Waals surface area contributed by atoms with Crippen LogP contribution in [-0.2, 0) is 48.1 Å². The predicted molar refractivity (Wildman–Crippen MR) is 569 cm³/mol. The fourth-order valence-electron chi connectivity index (χ4n) is 19.3. The van der Waals surface area contributed by atoms with E-state index in [1.165, 1.54) is 37.5 Å². The van der Waals surface area contributed by atoms with Crippen LogP contribution in [0.2, 0.25) is 0 Å². The number of aromatic nitrogens is 10. The van der Waals surface area contributed by atoms with Gasteiger partial charge in [0, 0.05) is 182 Å². The Balaban J connectivity index is 0.000000130. The number of hydrogen-bond donors (Lipinski definition) is 0. The molecule has 0 bridgehead atoms. The van der Waals surface area contributed by atoms with Crippen molar-refractivity contribution in [3.05, 3.63) is 297 Å². The van der Waals surface area contributed by atoms with Crippen LogP contribution in [0.15, 0.2) is 235 Å². The molecule has 2 fully saturated rings. The van der Waals surface area contributed by atoms with Crippen LogP contribution in [0, 0.1) is 47.0 Å². The first-order chi connectivity index (χ1) is 75.2. The first-order valence-electron chi connectivity index (χ1n) is 59.3. The number of furan rings is 5. The molecular formula is C124H139N10O5+5. The Morgan fingerprint density at radius 1 is 0.338 bits per heavy atom. The van der Waals surface area contributed by atoms with E-state index in [4.69, 9.17) is 52.2 Å². The van der Waals surface area contributed by atoms with Crippen LogP contribution >= 0.6 is 0 Å². The predicted octanol–water partition coefficient (Wildman–Crippen LogP) is 30.7. The van der Waals surface area contributed by atoms with E-state index in [1.54, 1.807) is 42.7 Å². The molecule has 15 heteroatoms. The maximum atomic E-state index is 9.01. The van der Waals surface area contributed by atoms with Crippen LogP contribution in [0.4, 0.5) is 0 Å². The number of fused-ring (bicyclic) bond motifs is 15. The molecule has 3 unspecified atom stereocenters. The standard InChI is InChI=1S/C27H31N2O.C26H29N2O.C26H31N2O.C23H25N2O.C22H23N2O/c1-17(2)20-11-15-24(29(4)16-20)25-18(3)10-12-21-22-13-14-23(19-8-6-5-7-9-19)28-27(22)30-26(21)25;1-16(2)19-10-14-23(28(4)15-19)24-17(3)9-11-20-21-12-13-22(18-7-5-6-8-18)27-26(21)29-25(20)24;1-16(2)18-9-13-22(28(7)15-18)23-17(3)8-11-20-21-12-10-19(14-26(4,5)6)27-25(21)29-24(20)23;1-6-17-9-11-19-18-10-7-15(4)21(22(18)26-23(19)24-17)20-12-8-16(14(2)3)13-25(20)5;1-13(2)16-8-11-19(24(5)12-16)20-14(3)6-9-17-18-10-7-15(4)23-22(18)25-21(17)20/h10-17,19H,5-9H2,1-4H3;9-16,18H,5-8H2,1-4H3;8-13,15-16H,14H2,1-7H3;7-14H,6H2,1-5H3;6-13H,1-5H3/q5*+1/i8D2,9D2,19D;7D2,18D;4D3,5D3;2D3,14D;1D3,13D. The minimum Gasteiger partial charge on any atom is -0.437 e. The molecule has 2 aliphatic rings. The summed E-state index contributed by atoms with van der Waals surface area (Å²) in [6.45, 7) is 21.2. The zero-order chi connectivity index (χ0) is 117. The molecule has 0 spiro atoms. The third-order valence-electron chi connectivity index (χ3n) is 27.1. The number of nitrogens with zero attached hydrogens (tertiary/aromatic N) is 10. The molecule has 710 valence electrons. The minimum absolute atomic E-state index is 0.0730. The quantitative estimate of drug-likeness (QED) is 0.0963. The summed E-state index contributed by atoms with van der Waals surface area (Å²) in [6.07, 6.45) is 7.03. The Kier molecular flexibility index (Phi) is 20.4. The first kappa shape index (κ1) is 72.0. The molecule has 15 nitrogen and oxygen atoms in total. The lowest BCUT2D eigenvalue weighted by Crippen LogP contribution is -2.31.